The molecular weight excluding hydrogens is 446 g/mol. The lowest BCUT2D eigenvalue weighted by atomic mass is 10.1. The van der Waals surface area contributed by atoms with Gasteiger partial charge in [0, 0.05) is 25.7 Å². The van der Waals surface area contributed by atoms with E-state index in [0.29, 0.717) is 39.5 Å². The lowest BCUT2D eigenvalue weighted by molar-refractivity contribution is -0.140. The summed E-state index contributed by atoms with van der Waals surface area (Å²) in [6.07, 6.45) is 7.62. The van der Waals surface area contributed by atoms with Gasteiger partial charge < -0.3 is 29.4 Å². The van der Waals surface area contributed by atoms with Crippen molar-refractivity contribution in [2.24, 2.45) is 5.73 Å². The number of esters is 1. The highest BCUT2D eigenvalue weighted by Crippen LogP contribution is 2.18. The van der Waals surface area contributed by atoms with Crippen molar-refractivity contribution in [2.75, 3.05) is 53.4 Å². The zero-order chi connectivity index (χ0) is 23.3. The van der Waals surface area contributed by atoms with E-state index in [1.165, 1.54) is 7.11 Å². The molecule has 0 saturated heterocycles. The number of methoxy groups -OCH3 is 1. The first-order valence-electron chi connectivity index (χ1n) is 11.9. The molecule has 1 aromatic rings. The molecule has 8 heteroatoms. The molecule has 0 radical (unpaired) electrons. The summed E-state index contributed by atoms with van der Waals surface area (Å²) in [4.78, 5) is 11.0. The average molecular weight is 490 g/mol. The first-order valence-corrected chi connectivity index (χ1v) is 11.9. The topological polar surface area (TPSA) is 89.2 Å². The molecule has 1 aromatic carbocycles. The molecule has 0 heterocycles. The molecule has 0 amide bonds. The number of benzene rings is 1. The van der Waals surface area contributed by atoms with Crippen LogP contribution in [-0.2, 0) is 23.7 Å². The Balaban J connectivity index is 0.0000102. The van der Waals surface area contributed by atoms with Crippen LogP contribution in [0.4, 0.5) is 0 Å². The van der Waals surface area contributed by atoms with E-state index in [9.17, 15) is 4.79 Å². The largest absolute Gasteiger partial charge is 0.494 e. The lowest BCUT2D eigenvalue weighted by Crippen LogP contribution is -2.10. The quantitative estimate of drug-likeness (QED) is 0.195. The van der Waals surface area contributed by atoms with E-state index < -0.39 is 0 Å². The highest BCUT2D eigenvalue weighted by atomic mass is 35.5. The van der Waals surface area contributed by atoms with E-state index in [1.54, 1.807) is 0 Å². The van der Waals surface area contributed by atoms with Gasteiger partial charge in [0.1, 0.15) is 5.75 Å². The van der Waals surface area contributed by atoms with Crippen molar-refractivity contribution in [3.8, 4) is 5.75 Å². The van der Waals surface area contributed by atoms with Gasteiger partial charge in [-0.3, -0.25) is 4.79 Å². The fourth-order valence-electron chi connectivity index (χ4n) is 3.03. The van der Waals surface area contributed by atoms with Crippen LogP contribution in [0.25, 0.3) is 0 Å². The first kappa shape index (κ1) is 31.6. The summed E-state index contributed by atoms with van der Waals surface area (Å²) in [7, 11) is 1.42. The van der Waals surface area contributed by atoms with Crippen LogP contribution < -0.4 is 10.5 Å². The van der Waals surface area contributed by atoms with Crippen molar-refractivity contribution in [3.05, 3.63) is 29.8 Å². The molecule has 0 aliphatic carbocycles. The Morgan fingerprint density at radius 1 is 0.818 bits per heavy atom. The van der Waals surface area contributed by atoms with Crippen LogP contribution in [0.1, 0.15) is 69.9 Å². The third-order valence-corrected chi connectivity index (χ3v) is 4.98. The Labute approximate surface area is 206 Å². The van der Waals surface area contributed by atoms with E-state index in [-0.39, 0.29) is 24.4 Å². The summed E-state index contributed by atoms with van der Waals surface area (Å²) >= 11 is 0. The summed E-state index contributed by atoms with van der Waals surface area (Å²) in [6, 6.07) is 8.03. The standard InChI is InChI=1S/C25H43NO6.ClH/c1-22(26)23-11-10-12-24(21-23)32-16-9-4-3-7-14-29-17-19-31-20-18-30-15-8-5-6-13-25(27)28-2;/h10-12,21-22H,3-9,13-20,26H2,1-2H3;1H. The fourth-order valence-corrected chi connectivity index (χ4v) is 3.03. The third-order valence-electron chi connectivity index (χ3n) is 4.98. The number of halogens is 1. The van der Waals surface area contributed by atoms with Crippen LogP contribution in [0.5, 0.6) is 5.75 Å². The maximum absolute atomic E-state index is 11.0. The van der Waals surface area contributed by atoms with Gasteiger partial charge in [0.2, 0.25) is 0 Å². The molecule has 1 rings (SSSR count). The maximum Gasteiger partial charge on any atom is 0.305 e. The van der Waals surface area contributed by atoms with Gasteiger partial charge in [-0.1, -0.05) is 25.0 Å². The van der Waals surface area contributed by atoms with Crippen molar-refractivity contribution >= 4 is 18.4 Å². The van der Waals surface area contributed by atoms with Gasteiger partial charge in [-0.2, -0.15) is 0 Å². The second-order valence-electron chi connectivity index (χ2n) is 7.85. The zero-order valence-electron chi connectivity index (χ0n) is 20.4. The highest BCUT2D eigenvalue weighted by molar-refractivity contribution is 5.85. The summed E-state index contributed by atoms with van der Waals surface area (Å²) in [5.41, 5.74) is 7.00. The van der Waals surface area contributed by atoms with Crippen LogP contribution in [0.2, 0.25) is 0 Å². The number of hydrogen-bond donors (Lipinski definition) is 1. The molecule has 1 atom stereocenters. The Kier molecular flexibility index (Phi) is 21.5. The van der Waals surface area contributed by atoms with Crippen molar-refractivity contribution in [1.82, 2.24) is 0 Å². The van der Waals surface area contributed by atoms with Gasteiger partial charge in [-0.25, -0.2) is 0 Å². The molecule has 1 unspecified atom stereocenters. The first-order chi connectivity index (χ1) is 15.6. The van der Waals surface area contributed by atoms with E-state index >= 15 is 0 Å². The maximum atomic E-state index is 11.0. The smallest absolute Gasteiger partial charge is 0.305 e. The molecule has 0 spiro atoms. The molecule has 7 nitrogen and oxygen atoms in total. The summed E-state index contributed by atoms with van der Waals surface area (Å²) < 4.78 is 27.0. The van der Waals surface area contributed by atoms with Gasteiger partial charge in [-0.15, -0.1) is 12.4 Å². The van der Waals surface area contributed by atoms with Gasteiger partial charge in [0.05, 0.1) is 40.1 Å². The Bertz CT molecular complexity index is 588. The van der Waals surface area contributed by atoms with Crippen LogP contribution >= 0.6 is 12.4 Å². The van der Waals surface area contributed by atoms with Crippen molar-refractivity contribution in [1.29, 1.82) is 0 Å². The van der Waals surface area contributed by atoms with Crippen molar-refractivity contribution < 1.29 is 28.5 Å². The monoisotopic (exact) mass is 489 g/mol. The third kappa shape index (κ3) is 18.7. The van der Waals surface area contributed by atoms with Crippen LogP contribution in [-0.4, -0.2) is 59.3 Å². The molecule has 2 N–H and O–H groups in total. The Morgan fingerprint density at radius 3 is 1.94 bits per heavy atom. The Hall–Kier alpha value is -1.38. The predicted octanol–water partition coefficient (Wildman–Crippen LogP) is 4.85. The summed E-state index contributed by atoms with van der Waals surface area (Å²) in [5.74, 6) is 0.746. The van der Waals surface area contributed by atoms with Gasteiger partial charge in [-0.05, 0) is 56.7 Å². The van der Waals surface area contributed by atoms with Crippen LogP contribution in [0.15, 0.2) is 24.3 Å². The zero-order valence-corrected chi connectivity index (χ0v) is 21.2. The number of carbonyl (C=O) groups is 1. The average Bonchev–Trinajstić information content (AvgIpc) is 2.80. The molecule has 0 aliphatic heterocycles. The molecule has 0 saturated carbocycles. The fraction of sp³-hybridized carbons (Fsp3) is 0.720. The summed E-state index contributed by atoms with van der Waals surface area (Å²) in [5, 5.41) is 0. The highest BCUT2D eigenvalue weighted by Gasteiger charge is 2.01. The van der Waals surface area contributed by atoms with Gasteiger partial charge >= 0.3 is 5.97 Å². The molecule has 0 aliphatic rings. The number of hydrogen-bond acceptors (Lipinski definition) is 7. The van der Waals surface area contributed by atoms with Crippen LogP contribution in [0, 0.1) is 0 Å². The lowest BCUT2D eigenvalue weighted by Gasteiger charge is -2.10. The molecule has 0 fully saturated rings. The number of rotatable bonds is 21. The number of ether oxygens (including phenoxy) is 5. The molecule has 33 heavy (non-hydrogen) atoms. The van der Waals surface area contributed by atoms with Gasteiger partial charge in [0.15, 0.2) is 0 Å². The molecule has 0 bridgehead atoms. The van der Waals surface area contributed by atoms with Crippen LogP contribution in [0.3, 0.4) is 0 Å². The van der Waals surface area contributed by atoms with E-state index in [2.05, 4.69) is 4.74 Å². The minimum absolute atomic E-state index is 0. The van der Waals surface area contributed by atoms with Crippen molar-refractivity contribution in [2.45, 2.75) is 64.3 Å². The van der Waals surface area contributed by atoms with Crippen molar-refractivity contribution in [3.63, 3.8) is 0 Å². The molecular formula is C25H44ClNO6. The normalized spacial score (nSPS) is 11.6. The SMILES string of the molecule is COC(=O)CCCCCOCCOCCOCCCCCCOc1cccc(C(C)N)c1.Cl. The second-order valence-corrected chi connectivity index (χ2v) is 7.85. The van der Waals surface area contributed by atoms with E-state index in [1.807, 2.05) is 31.2 Å². The second kappa shape index (κ2) is 22.4. The number of unbranched alkanes of at least 4 members (excludes halogenated alkanes) is 5. The minimum atomic E-state index is -0.147. The molecule has 0 aromatic heterocycles. The van der Waals surface area contributed by atoms with E-state index in [0.717, 1.165) is 69.5 Å². The summed E-state index contributed by atoms with van der Waals surface area (Å²) in [6.45, 7) is 6.56. The predicted molar refractivity (Wildman–Crippen MR) is 133 cm³/mol. The Morgan fingerprint density at radius 2 is 1.36 bits per heavy atom. The van der Waals surface area contributed by atoms with E-state index in [4.69, 9.17) is 24.7 Å². The number of carbonyl (C=O) groups excluding carboxylic acids is 1. The number of nitrogens with two attached hydrogens (primary N) is 1. The minimum Gasteiger partial charge on any atom is -0.494 e. The molecule has 192 valence electrons. The van der Waals surface area contributed by atoms with Gasteiger partial charge in [0.25, 0.3) is 0 Å².